The van der Waals surface area contributed by atoms with Crippen molar-refractivity contribution in [2.24, 2.45) is 0 Å². The van der Waals surface area contributed by atoms with Gasteiger partial charge in [0.25, 0.3) is 0 Å². The molecular weight excluding hydrogens is 314 g/mol. The number of rotatable bonds is 4. The lowest BCUT2D eigenvalue weighted by Gasteiger charge is -2.26. The van der Waals surface area contributed by atoms with Gasteiger partial charge in [0, 0.05) is 44.6 Å². The summed E-state index contributed by atoms with van der Waals surface area (Å²) in [7, 11) is 5.76. The summed E-state index contributed by atoms with van der Waals surface area (Å²) in [5.74, 6) is 0.0944. The van der Waals surface area contributed by atoms with Crippen molar-refractivity contribution < 1.29 is 9.59 Å². The minimum atomic E-state index is -0.0437. The van der Waals surface area contributed by atoms with Gasteiger partial charge in [-0.2, -0.15) is 0 Å². The summed E-state index contributed by atoms with van der Waals surface area (Å²) in [5.41, 5.74) is 4.91. The molecule has 5 heteroatoms. The molecule has 2 aromatic carbocycles. The van der Waals surface area contributed by atoms with Crippen molar-refractivity contribution in [2.75, 3.05) is 36.3 Å². The molecule has 130 valence electrons. The highest BCUT2D eigenvalue weighted by atomic mass is 16.2. The highest BCUT2D eigenvalue weighted by molar-refractivity contribution is 5.96. The van der Waals surface area contributed by atoms with Crippen LogP contribution in [0.2, 0.25) is 0 Å². The summed E-state index contributed by atoms with van der Waals surface area (Å²) in [5, 5.41) is 2.93. The fourth-order valence-electron chi connectivity index (χ4n) is 3.05. The topological polar surface area (TPSA) is 52.7 Å². The Morgan fingerprint density at radius 2 is 1.84 bits per heavy atom. The van der Waals surface area contributed by atoms with Gasteiger partial charge in [0.15, 0.2) is 0 Å². The average molecular weight is 337 g/mol. The lowest BCUT2D eigenvalue weighted by atomic mass is 9.98. The van der Waals surface area contributed by atoms with Gasteiger partial charge in [0.05, 0.1) is 6.42 Å². The minimum absolute atomic E-state index is 0.0437. The van der Waals surface area contributed by atoms with E-state index in [0.717, 1.165) is 34.6 Å². The van der Waals surface area contributed by atoms with Crippen LogP contribution in [0.3, 0.4) is 0 Å². The summed E-state index contributed by atoms with van der Waals surface area (Å²) >= 11 is 0. The molecule has 0 unspecified atom stereocenters. The number of amides is 2. The van der Waals surface area contributed by atoms with Gasteiger partial charge in [-0.15, -0.1) is 0 Å². The largest absolute Gasteiger partial charge is 0.378 e. The number of fused-ring (bicyclic) bond motifs is 1. The van der Waals surface area contributed by atoms with Crippen molar-refractivity contribution >= 4 is 28.9 Å². The molecule has 1 heterocycles. The van der Waals surface area contributed by atoms with Gasteiger partial charge in [-0.3, -0.25) is 9.59 Å². The fraction of sp³-hybridized carbons (Fsp3) is 0.300. The number of anilines is 3. The van der Waals surface area contributed by atoms with Crippen LogP contribution in [0, 0.1) is 0 Å². The molecule has 2 amide bonds. The maximum absolute atomic E-state index is 12.3. The van der Waals surface area contributed by atoms with Gasteiger partial charge >= 0.3 is 0 Å². The maximum atomic E-state index is 12.3. The van der Waals surface area contributed by atoms with E-state index in [1.54, 1.807) is 11.9 Å². The van der Waals surface area contributed by atoms with E-state index in [0.29, 0.717) is 12.8 Å². The quantitative estimate of drug-likeness (QED) is 0.933. The van der Waals surface area contributed by atoms with E-state index < -0.39 is 0 Å². The smallest absolute Gasteiger partial charge is 0.228 e. The number of aryl methyl sites for hydroxylation is 1. The van der Waals surface area contributed by atoms with Crippen molar-refractivity contribution in [3.63, 3.8) is 0 Å². The Labute approximate surface area is 148 Å². The first-order valence-corrected chi connectivity index (χ1v) is 8.39. The summed E-state index contributed by atoms with van der Waals surface area (Å²) in [6.45, 7) is 0. The van der Waals surface area contributed by atoms with E-state index >= 15 is 0 Å². The molecule has 3 rings (SSSR count). The van der Waals surface area contributed by atoms with Crippen molar-refractivity contribution in [3.05, 3.63) is 53.6 Å². The molecule has 2 aromatic rings. The van der Waals surface area contributed by atoms with Gasteiger partial charge in [0.2, 0.25) is 11.8 Å². The van der Waals surface area contributed by atoms with Crippen LogP contribution in [0.4, 0.5) is 17.1 Å². The molecule has 0 radical (unpaired) electrons. The number of carbonyl (C=O) groups excluding carboxylic acids is 2. The lowest BCUT2D eigenvalue weighted by molar-refractivity contribution is -0.118. The molecule has 0 aliphatic carbocycles. The molecule has 0 spiro atoms. The van der Waals surface area contributed by atoms with Gasteiger partial charge in [-0.25, -0.2) is 0 Å². The van der Waals surface area contributed by atoms with Gasteiger partial charge < -0.3 is 15.1 Å². The van der Waals surface area contributed by atoms with E-state index in [1.165, 1.54) is 0 Å². The highest BCUT2D eigenvalue weighted by Gasteiger charge is 2.21. The van der Waals surface area contributed by atoms with Crippen molar-refractivity contribution in [1.82, 2.24) is 0 Å². The summed E-state index contributed by atoms with van der Waals surface area (Å²) in [4.78, 5) is 27.8. The molecule has 1 aliphatic rings. The summed E-state index contributed by atoms with van der Waals surface area (Å²) in [6, 6.07) is 13.6. The van der Waals surface area contributed by atoms with Crippen LogP contribution in [0.25, 0.3) is 0 Å². The summed E-state index contributed by atoms with van der Waals surface area (Å²) in [6.07, 6.45) is 1.58. The van der Waals surface area contributed by atoms with Crippen LogP contribution in [-0.4, -0.2) is 33.0 Å². The number of nitrogens with one attached hydrogen (secondary N) is 1. The zero-order valence-corrected chi connectivity index (χ0v) is 14.9. The van der Waals surface area contributed by atoms with E-state index in [4.69, 9.17) is 0 Å². The molecule has 0 aromatic heterocycles. The van der Waals surface area contributed by atoms with Crippen LogP contribution in [0.15, 0.2) is 42.5 Å². The Hall–Kier alpha value is -2.82. The third kappa shape index (κ3) is 3.82. The zero-order valence-electron chi connectivity index (χ0n) is 14.9. The Morgan fingerprint density at radius 3 is 2.52 bits per heavy atom. The van der Waals surface area contributed by atoms with Gasteiger partial charge in [-0.05, 0) is 47.9 Å². The molecule has 1 N–H and O–H groups in total. The normalized spacial score (nSPS) is 13.4. The van der Waals surface area contributed by atoms with Crippen LogP contribution in [0.5, 0.6) is 0 Å². The lowest BCUT2D eigenvalue weighted by Crippen LogP contribution is -2.31. The third-order valence-corrected chi connectivity index (χ3v) is 4.52. The van der Waals surface area contributed by atoms with Crippen molar-refractivity contribution in [1.29, 1.82) is 0 Å². The fourth-order valence-corrected chi connectivity index (χ4v) is 3.05. The first kappa shape index (κ1) is 17.0. The van der Waals surface area contributed by atoms with Crippen LogP contribution in [-0.2, 0) is 22.4 Å². The van der Waals surface area contributed by atoms with Crippen molar-refractivity contribution in [2.45, 2.75) is 19.3 Å². The monoisotopic (exact) mass is 337 g/mol. The van der Waals surface area contributed by atoms with E-state index in [-0.39, 0.29) is 11.8 Å². The first-order chi connectivity index (χ1) is 11.9. The Morgan fingerprint density at radius 1 is 1.12 bits per heavy atom. The molecule has 0 fully saturated rings. The average Bonchev–Trinajstić information content (AvgIpc) is 2.58. The molecule has 25 heavy (non-hydrogen) atoms. The maximum Gasteiger partial charge on any atom is 0.228 e. The van der Waals surface area contributed by atoms with Crippen molar-refractivity contribution in [3.8, 4) is 0 Å². The second-order valence-corrected chi connectivity index (χ2v) is 6.58. The summed E-state index contributed by atoms with van der Waals surface area (Å²) < 4.78 is 0. The number of carbonyl (C=O) groups is 2. The highest BCUT2D eigenvalue weighted by Crippen LogP contribution is 2.27. The second-order valence-electron chi connectivity index (χ2n) is 6.58. The number of nitrogens with zero attached hydrogens (tertiary/aromatic N) is 2. The SMILES string of the molecule is CN(C)c1ccc(NC(=O)Cc2ccc3c(c2)CCC(=O)N3C)cc1. The van der Waals surface area contributed by atoms with Gasteiger partial charge in [-0.1, -0.05) is 12.1 Å². The minimum Gasteiger partial charge on any atom is -0.378 e. The zero-order chi connectivity index (χ0) is 18.0. The first-order valence-electron chi connectivity index (χ1n) is 8.39. The second kappa shape index (κ2) is 6.97. The predicted octanol–water partition coefficient (Wildman–Crippen LogP) is 2.84. The molecule has 0 saturated carbocycles. The van der Waals surface area contributed by atoms with E-state index in [9.17, 15) is 9.59 Å². The molecule has 0 atom stereocenters. The Bertz CT molecular complexity index is 797. The molecule has 0 saturated heterocycles. The number of benzene rings is 2. The van der Waals surface area contributed by atoms with Crippen LogP contribution in [0.1, 0.15) is 17.5 Å². The number of hydrogen-bond acceptors (Lipinski definition) is 3. The van der Waals surface area contributed by atoms with Crippen LogP contribution < -0.4 is 15.1 Å². The molecule has 5 nitrogen and oxygen atoms in total. The Balaban J connectivity index is 1.66. The number of hydrogen-bond donors (Lipinski definition) is 1. The predicted molar refractivity (Wildman–Crippen MR) is 101 cm³/mol. The van der Waals surface area contributed by atoms with E-state index in [2.05, 4.69) is 5.32 Å². The van der Waals surface area contributed by atoms with Gasteiger partial charge in [0.1, 0.15) is 0 Å². The van der Waals surface area contributed by atoms with Crippen LogP contribution >= 0.6 is 0 Å². The molecule has 0 bridgehead atoms. The molecule has 1 aliphatic heterocycles. The third-order valence-electron chi connectivity index (χ3n) is 4.52. The molecular formula is C20H23N3O2. The van der Waals surface area contributed by atoms with E-state index in [1.807, 2.05) is 61.5 Å². The Kier molecular flexibility index (Phi) is 4.74. The standard InChI is InChI=1S/C20H23N3O2/c1-22(2)17-8-6-16(7-9-17)21-19(24)13-14-4-10-18-15(12-14)5-11-20(25)23(18)3/h4,6-10,12H,5,11,13H2,1-3H3,(H,21,24).